The van der Waals surface area contributed by atoms with Crippen molar-refractivity contribution in [2.24, 2.45) is 40.4 Å². The van der Waals surface area contributed by atoms with Crippen LogP contribution in [0, 0.1) is 40.4 Å². The summed E-state index contributed by atoms with van der Waals surface area (Å²) in [6, 6.07) is 0. The molecule has 29 heavy (non-hydrogen) atoms. The minimum Gasteiger partial charge on any atom is -0.390 e. The Bertz CT molecular complexity index is 671. The van der Waals surface area contributed by atoms with Crippen LogP contribution < -0.4 is 0 Å². The second-order valence-electron chi connectivity index (χ2n) is 12.4. The maximum atomic E-state index is 12.0. The summed E-state index contributed by atoms with van der Waals surface area (Å²) in [4.78, 5) is 12.0. The third-order valence-corrected chi connectivity index (χ3v) is 10.2. The van der Waals surface area contributed by atoms with Crippen molar-refractivity contribution in [1.82, 2.24) is 0 Å². The third-order valence-electron chi connectivity index (χ3n) is 10.2. The number of fused-ring (bicyclic) bond motifs is 5. The van der Waals surface area contributed by atoms with Crippen LogP contribution in [0.25, 0.3) is 0 Å². The third kappa shape index (κ3) is 3.77. The molecule has 0 saturated heterocycles. The fraction of sp³-hybridized carbons (Fsp3) is 0.889. The van der Waals surface area contributed by atoms with E-state index in [9.17, 15) is 9.90 Å². The molecular weight excluding hydrogens is 356 g/mol. The minimum absolute atomic E-state index is 0.300. The Kier molecular flexibility index (Phi) is 5.59. The Labute approximate surface area is 178 Å². The molecule has 3 fully saturated rings. The lowest BCUT2D eigenvalue weighted by molar-refractivity contribution is -0.117. The highest BCUT2D eigenvalue weighted by molar-refractivity contribution is 5.91. The summed E-state index contributed by atoms with van der Waals surface area (Å²) < 4.78 is 0. The van der Waals surface area contributed by atoms with Crippen molar-refractivity contribution in [3.05, 3.63) is 11.6 Å². The molecule has 3 saturated carbocycles. The Balaban J connectivity index is 1.47. The second-order valence-corrected chi connectivity index (χ2v) is 12.4. The van der Waals surface area contributed by atoms with E-state index in [2.05, 4.69) is 20.8 Å². The first-order valence-electron chi connectivity index (χ1n) is 12.5. The maximum Gasteiger partial charge on any atom is 0.155 e. The topological polar surface area (TPSA) is 37.3 Å². The van der Waals surface area contributed by atoms with Gasteiger partial charge in [-0.05, 0) is 112 Å². The zero-order chi connectivity index (χ0) is 21.0. The van der Waals surface area contributed by atoms with Gasteiger partial charge in [-0.25, -0.2) is 0 Å². The van der Waals surface area contributed by atoms with Gasteiger partial charge in [0.05, 0.1) is 5.60 Å². The highest BCUT2D eigenvalue weighted by atomic mass is 16.3. The predicted octanol–water partition coefficient (Wildman–Crippen LogP) is 6.71. The Morgan fingerprint density at radius 3 is 2.59 bits per heavy atom. The zero-order valence-corrected chi connectivity index (χ0v) is 19.6. The van der Waals surface area contributed by atoms with Gasteiger partial charge in [-0.3, -0.25) is 4.79 Å². The van der Waals surface area contributed by atoms with Crippen LogP contribution >= 0.6 is 0 Å². The number of carbonyl (C=O) groups is 1. The van der Waals surface area contributed by atoms with Gasteiger partial charge >= 0.3 is 0 Å². The molecule has 0 heterocycles. The molecule has 0 bridgehead atoms. The Morgan fingerprint density at radius 1 is 1.10 bits per heavy atom. The van der Waals surface area contributed by atoms with Gasteiger partial charge in [0.15, 0.2) is 5.78 Å². The molecule has 0 aromatic carbocycles. The van der Waals surface area contributed by atoms with Gasteiger partial charge in [0.25, 0.3) is 0 Å². The van der Waals surface area contributed by atoms with E-state index in [0.717, 1.165) is 55.3 Å². The van der Waals surface area contributed by atoms with Gasteiger partial charge in [-0.15, -0.1) is 0 Å². The summed E-state index contributed by atoms with van der Waals surface area (Å²) in [6.45, 7) is 11.5. The summed E-state index contributed by atoms with van der Waals surface area (Å²) >= 11 is 0. The summed E-state index contributed by atoms with van der Waals surface area (Å²) in [5.41, 5.74) is 1.78. The van der Waals surface area contributed by atoms with Crippen LogP contribution in [-0.4, -0.2) is 16.5 Å². The van der Waals surface area contributed by atoms with E-state index in [-0.39, 0.29) is 0 Å². The van der Waals surface area contributed by atoms with Crippen molar-refractivity contribution in [2.45, 2.75) is 111 Å². The van der Waals surface area contributed by atoms with Crippen LogP contribution in [0.4, 0.5) is 0 Å². The van der Waals surface area contributed by atoms with E-state index in [4.69, 9.17) is 0 Å². The number of rotatable bonds is 5. The normalized spacial score (nSPS) is 43.2. The van der Waals surface area contributed by atoms with Crippen LogP contribution in [0.3, 0.4) is 0 Å². The lowest BCUT2D eigenvalue weighted by Gasteiger charge is -2.58. The molecule has 2 heteroatoms. The number of aliphatic hydroxyl groups is 1. The highest BCUT2D eigenvalue weighted by Gasteiger charge is 2.59. The Hall–Kier alpha value is -0.630. The van der Waals surface area contributed by atoms with Crippen molar-refractivity contribution in [3.63, 3.8) is 0 Å². The summed E-state index contributed by atoms with van der Waals surface area (Å²) in [6.07, 6.45) is 15.3. The lowest BCUT2D eigenvalue weighted by Crippen LogP contribution is -2.51. The predicted molar refractivity (Wildman–Crippen MR) is 120 cm³/mol. The van der Waals surface area contributed by atoms with Gasteiger partial charge in [0.1, 0.15) is 0 Å². The zero-order valence-electron chi connectivity index (χ0n) is 19.6. The fourth-order valence-electron chi connectivity index (χ4n) is 8.59. The van der Waals surface area contributed by atoms with Crippen molar-refractivity contribution in [3.8, 4) is 0 Å². The van der Waals surface area contributed by atoms with Crippen LogP contribution in [0.1, 0.15) is 105 Å². The van der Waals surface area contributed by atoms with Gasteiger partial charge in [-0.1, -0.05) is 39.2 Å². The van der Waals surface area contributed by atoms with Gasteiger partial charge in [0.2, 0.25) is 0 Å². The van der Waals surface area contributed by atoms with Crippen LogP contribution in [-0.2, 0) is 4.79 Å². The largest absolute Gasteiger partial charge is 0.390 e. The molecule has 4 rings (SSSR count). The van der Waals surface area contributed by atoms with Crippen LogP contribution in [0.15, 0.2) is 11.6 Å². The quantitative estimate of drug-likeness (QED) is 0.556. The summed E-state index contributed by atoms with van der Waals surface area (Å²) in [5, 5.41) is 10.1. The first-order valence-corrected chi connectivity index (χ1v) is 12.5. The van der Waals surface area contributed by atoms with E-state index in [1.807, 2.05) is 19.9 Å². The monoisotopic (exact) mass is 400 g/mol. The molecular formula is C27H44O2. The van der Waals surface area contributed by atoms with Gasteiger partial charge < -0.3 is 5.11 Å². The summed E-state index contributed by atoms with van der Waals surface area (Å²) in [5.74, 6) is 4.56. The van der Waals surface area contributed by atoms with Crippen LogP contribution in [0.2, 0.25) is 0 Å². The SMILES string of the molecule is CC(CCCC(C)(C)O)C1CCC2C3CCC4=CC(=O)CCC4(C)C3CCC12C. The first-order chi connectivity index (χ1) is 13.5. The van der Waals surface area contributed by atoms with Crippen molar-refractivity contribution in [2.75, 3.05) is 0 Å². The smallest absolute Gasteiger partial charge is 0.155 e. The molecule has 0 aromatic heterocycles. The van der Waals surface area contributed by atoms with E-state index in [1.54, 1.807) is 0 Å². The summed E-state index contributed by atoms with van der Waals surface area (Å²) in [7, 11) is 0. The molecule has 164 valence electrons. The number of allylic oxidation sites excluding steroid dienone is 1. The molecule has 7 atom stereocenters. The number of ketones is 1. The fourth-order valence-corrected chi connectivity index (χ4v) is 8.59. The molecule has 0 radical (unpaired) electrons. The van der Waals surface area contributed by atoms with Crippen molar-refractivity contribution in [1.29, 1.82) is 0 Å². The average molecular weight is 401 g/mol. The van der Waals surface area contributed by atoms with Gasteiger partial charge in [-0.2, -0.15) is 0 Å². The van der Waals surface area contributed by atoms with Gasteiger partial charge in [0, 0.05) is 6.42 Å². The number of carbonyl (C=O) groups excluding carboxylic acids is 1. The number of hydrogen-bond acceptors (Lipinski definition) is 2. The highest BCUT2D eigenvalue weighted by Crippen LogP contribution is 2.67. The molecule has 0 amide bonds. The van der Waals surface area contributed by atoms with Crippen molar-refractivity contribution >= 4 is 5.78 Å². The molecule has 1 N–H and O–H groups in total. The molecule has 4 aliphatic carbocycles. The molecule has 0 aromatic rings. The minimum atomic E-state index is -0.524. The maximum absolute atomic E-state index is 12.0. The van der Waals surface area contributed by atoms with E-state index in [0.29, 0.717) is 16.6 Å². The van der Waals surface area contributed by atoms with Crippen LogP contribution in [0.5, 0.6) is 0 Å². The number of hydrogen-bond donors (Lipinski definition) is 1. The molecule has 7 unspecified atom stereocenters. The van der Waals surface area contributed by atoms with E-state index >= 15 is 0 Å². The first kappa shape index (κ1) is 21.6. The van der Waals surface area contributed by atoms with E-state index in [1.165, 1.54) is 50.5 Å². The standard InChI is InChI=1S/C27H44O2/c1-18(7-6-14-25(2,3)29)22-10-11-23-21-9-8-19-17-20(28)12-15-26(19,4)24(21)13-16-27(22,23)5/h17-18,21-24,29H,6-16H2,1-5H3. The molecule has 0 spiro atoms. The second kappa shape index (κ2) is 7.50. The molecule has 4 aliphatic rings. The molecule has 2 nitrogen and oxygen atoms in total. The van der Waals surface area contributed by atoms with Crippen molar-refractivity contribution < 1.29 is 9.90 Å². The lowest BCUT2D eigenvalue weighted by atomic mass is 9.46. The average Bonchev–Trinajstić information content (AvgIpc) is 2.98. The molecule has 0 aliphatic heterocycles. The van der Waals surface area contributed by atoms with E-state index < -0.39 is 5.60 Å². The Morgan fingerprint density at radius 2 is 1.86 bits per heavy atom.